The predicted molar refractivity (Wildman–Crippen MR) is 64.2 cm³/mol. The number of hydrogen-bond acceptors (Lipinski definition) is 3. The van der Waals surface area contributed by atoms with Crippen molar-refractivity contribution in [3.8, 4) is 5.75 Å². The number of quaternary nitrogens is 1. The molecule has 0 aromatic heterocycles. The van der Waals surface area contributed by atoms with Crippen LogP contribution in [0.3, 0.4) is 0 Å². The molecule has 94 valence electrons. The highest BCUT2D eigenvalue weighted by molar-refractivity contribution is 5.26. The summed E-state index contributed by atoms with van der Waals surface area (Å²) in [4.78, 5) is 1.54. The number of ether oxygens (including phenoxy) is 2. The fraction of sp³-hybridized carbons (Fsp3) is 0.538. The van der Waals surface area contributed by atoms with Gasteiger partial charge in [-0.05, 0) is 17.7 Å². The molecular formula is C13H20NO3+. The lowest BCUT2D eigenvalue weighted by molar-refractivity contribution is -0.908. The third kappa shape index (κ3) is 4.00. The molecule has 4 heteroatoms. The number of rotatable bonds is 5. The summed E-state index contributed by atoms with van der Waals surface area (Å²) in [5.74, 6) is 0.870. The largest absolute Gasteiger partial charge is 0.488 e. The van der Waals surface area contributed by atoms with E-state index in [4.69, 9.17) is 14.6 Å². The lowest BCUT2D eigenvalue weighted by Gasteiger charge is -2.23. The molecule has 2 N–H and O–H groups in total. The van der Waals surface area contributed by atoms with Crippen LogP contribution in [0.5, 0.6) is 5.75 Å². The van der Waals surface area contributed by atoms with Gasteiger partial charge in [-0.15, -0.1) is 0 Å². The molecule has 0 spiro atoms. The highest BCUT2D eigenvalue weighted by Crippen LogP contribution is 2.11. The Kier molecular flexibility index (Phi) is 4.79. The highest BCUT2D eigenvalue weighted by Gasteiger charge is 2.12. The first-order valence-corrected chi connectivity index (χ1v) is 6.12. The Balaban J connectivity index is 1.69. The summed E-state index contributed by atoms with van der Waals surface area (Å²) in [7, 11) is 0. The second-order valence-electron chi connectivity index (χ2n) is 4.26. The summed E-state index contributed by atoms with van der Waals surface area (Å²) < 4.78 is 11.0. The van der Waals surface area contributed by atoms with Crippen LogP contribution in [0.1, 0.15) is 5.56 Å². The molecule has 2 rings (SSSR count). The van der Waals surface area contributed by atoms with Gasteiger partial charge in [0.25, 0.3) is 0 Å². The van der Waals surface area contributed by atoms with E-state index in [1.807, 2.05) is 24.3 Å². The first-order chi connectivity index (χ1) is 8.38. The number of nitrogens with one attached hydrogen (secondary N) is 1. The van der Waals surface area contributed by atoms with Crippen molar-refractivity contribution >= 4 is 0 Å². The van der Waals surface area contributed by atoms with Crippen LogP contribution in [-0.2, 0) is 11.3 Å². The van der Waals surface area contributed by atoms with Gasteiger partial charge in [0.05, 0.1) is 19.8 Å². The van der Waals surface area contributed by atoms with Crippen LogP contribution in [0, 0.1) is 0 Å². The molecule has 0 amide bonds. The first-order valence-electron chi connectivity index (χ1n) is 6.12. The lowest BCUT2D eigenvalue weighted by Crippen LogP contribution is -3.14. The van der Waals surface area contributed by atoms with Gasteiger partial charge < -0.3 is 19.5 Å². The molecule has 1 aromatic carbocycles. The number of morpholine rings is 1. The van der Waals surface area contributed by atoms with Crippen LogP contribution >= 0.6 is 0 Å². The van der Waals surface area contributed by atoms with E-state index in [0.29, 0.717) is 0 Å². The van der Waals surface area contributed by atoms with Crippen molar-refractivity contribution in [3.05, 3.63) is 29.8 Å². The molecular weight excluding hydrogens is 218 g/mol. The van der Waals surface area contributed by atoms with E-state index in [1.165, 1.54) is 0 Å². The second kappa shape index (κ2) is 6.59. The Labute approximate surface area is 102 Å². The maximum atomic E-state index is 8.92. The SMILES string of the molecule is OCc1ccc(OCC[NH+]2CCOCC2)cc1. The summed E-state index contributed by atoms with van der Waals surface area (Å²) in [6, 6.07) is 7.58. The summed E-state index contributed by atoms with van der Waals surface area (Å²) in [6.45, 7) is 5.71. The molecule has 1 aromatic rings. The Morgan fingerprint density at radius 1 is 1.18 bits per heavy atom. The van der Waals surface area contributed by atoms with E-state index in [-0.39, 0.29) is 6.61 Å². The fourth-order valence-electron chi connectivity index (χ4n) is 1.91. The maximum Gasteiger partial charge on any atom is 0.137 e. The van der Waals surface area contributed by atoms with Crippen LogP contribution in [0.2, 0.25) is 0 Å². The molecule has 1 fully saturated rings. The lowest BCUT2D eigenvalue weighted by atomic mass is 10.2. The van der Waals surface area contributed by atoms with Crippen molar-refractivity contribution < 1.29 is 19.5 Å². The molecule has 1 aliphatic heterocycles. The van der Waals surface area contributed by atoms with Crippen molar-refractivity contribution in [1.29, 1.82) is 0 Å². The Hall–Kier alpha value is -1.10. The second-order valence-corrected chi connectivity index (χ2v) is 4.26. The number of aliphatic hydroxyl groups excluding tert-OH is 1. The molecule has 0 atom stereocenters. The van der Waals surface area contributed by atoms with Crippen LogP contribution in [0.15, 0.2) is 24.3 Å². The van der Waals surface area contributed by atoms with E-state index < -0.39 is 0 Å². The van der Waals surface area contributed by atoms with Crippen molar-refractivity contribution in [2.45, 2.75) is 6.61 Å². The van der Waals surface area contributed by atoms with E-state index in [1.54, 1.807) is 4.90 Å². The minimum absolute atomic E-state index is 0.0816. The maximum absolute atomic E-state index is 8.92. The van der Waals surface area contributed by atoms with Gasteiger partial charge in [-0.3, -0.25) is 0 Å². The van der Waals surface area contributed by atoms with Gasteiger partial charge in [0.15, 0.2) is 0 Å². The predicted octanol–water partition coefficient (Wildman–Crippen LogP) is -0.527. The summed E-state index contributed by atoms with van der Waals surface area (Å²) in [6.07, 6.45) is 0. The van der Waals surface area contributed by atoms with Gasteiger partial charge in [-0.2, -0.15) is 0 Å². The van der Waals surface area contributed by atoms with Crippen molar-refractivity contribution in [2.24, 2.45) is 0 Å². The molecule has 0 aliphatic carbocycles. The molecule has 0 radical (unpaired) electrons. The Morgan fingerprint density at radius 3 is 2.53 bits per heavy atom. The number of aliphatic hydroxyl groups is 1. The minimum atomic E-state index is 0.0816. The van der Waals surface area contributed by atoms with E-state index in [0.717, 1.165) is 50.8 Å². The van der Waals surface area contributed by atoms with Gasteiger partial charge in [0, 0.05) is 0 Å². The van der Waals surface area contributed by atoms with Crippen molar-refractivity contribution in [2.75, 3.05) is 39.5 Å². The molecule has 0 bridgehead atoms. The molecule has 1 heterocycles. The van der Waals surface area contributed by atoms with E-state index in [2.05, 4.69) is 0 Å². The number of benzene rings is 1. The minimum Gasteiger partial charge on any atom is -0.488 e. The van der Waals surface area contributed by atoms with E-state index in [9.17, 15) is 0 Å². The molecule has 17 heavy (non-hydrogen) atoms. The fourth-order valence-corrected chi connectivity index (χ4v) is 1.91. The van der Waals surface area contributed by atoms with Crippen molar-refractivity contribution in [1.82, 2.24) is 0 Å². The van der Waals surface area contributed by atoms with Crippen LogP contribution < -0.4 is 9.64 Å². The first kappa shape index (κ1) is 12.4. The normalized spacial score (nSPS) is 17.0. The summed E-state index contributed by atoms with van der Waals surface area (Å²) >= 11 is 0. The van der Waals surface area contributed by atoms with Crippen molar-refractivity contribution in [3.63, 3.8) is 0 Å². The highest BCUT2D eigenvalue weighted by atomic mass is 16.5. The van der Waals surface area contributed by atoms with Crippen LogP contribution in [-0.4, -0.2) is 44.6 Å². The topological polar surface area (TPSA) is 43.1 Å². The third-order valence-electron chi connectivity index (χ3n) is 3.03. The van der Waals surface area contributed by atoms with Gasteiger partial charge in [-0.1, -0.05) is 12.1 Å². The summed E-state index contributed by atoms with van der Waals surface area (Å²) in [5, 5.41) is 8.92. The average molecular weight is 238 g/mol. The molecule has 1 saturated heterocycles. The van der Waals surface area contributed by atoms with Gasteiger partial charge in [0.2, 0.25) is 0 Å². The zero-order valence-corrected chi connectivity index (χ0v) is 10.0. The standard InChI is InChI=1S/C13H19NO3/c15-11-12-1-3-13(4-2-12)17-10-7-14-5-8-16-9-6-14/h1-4,15H,5-11H2/p+1. The van der Waals surface area contributed by atoms with Gasteiger partial charge in [-0.25, -0.2) is 0 Å². The third-order valence-corrected chi connectivity index (χ3v) is 3.03. The van der Waals surface area contributed by atoms with E-state index >= 15 is 0 Å². The molecule has 1 aliphatic rings. The summed E-state index contributed by atoms with van der Waals surface area (Å²) in [5.41, 5.74) is 0.913. The van der Waals surface area contributed by atoms with Crippen LogP contribution in [0.25, 0.3) is 0 Å². The van der Waals surface area contributed by atoms with Crippen LogP contribution in [0.4, 0.5) is 0 Å². The monoisotopic (exact) mass is 238 g/mol. The Bertz CT molecular complexity index is 320. The van der Waals surface area contributed by atoms with Gasteiger partial charge in [0.1, 0.15) is 32.0 Å². The Morgan fingerprint density at radius 2 is 1.88 bits per heavy atom. The zero-order chi connectivity index (χ0) is 11.9. The quantitative estimate of drug-likeness (QED) is 0.725. The molecule has 0 unspecified atom stereocenters. The molecule has 0 saturated carbocycles. The number of hydrogen-bond donors (Lipinski definition) is 2. The zero-order valence-electron chi connectivity index (χ0n) is 10.0. The average Bonchev–Trinajstić information content (AvgIpc) is 2.41. The smallest absolute Gasteiger partial charge is 0.137 e. The molecule has 4 nitrogen and oxygen atoms in total. The van der Waals surface area contributed by atoms with Gasteiger partial charge >= 0.3 is 0 Å².